The van der Waals surface area contributed by atoms with Crippen LogP contribution in [0.5, 0.6) is 11.5 Å². The molecule has 202 valence electrons. The third kappa shape index (κ3) is 8.28. The van der Waals surface area contributed by atoms with E-state index < -0.39 is 18.1 Å². The number of carbonyl (C=O) groups excluding carboxylic acids is 1. The molecule has 0 aliphatic carbocycles. The highest BCUT2D eigenvalue weighted by Crippen LogP contribution is 2.31. The number of nitrogens with zero attached hydrogens (tertiary/aromatic N) is 2. The van der Waals surface area contributed by atoms with Crippen LogP contribution in [0.25, 0.3) is 0 Å². The molecule has 2 aliphatic rings. The van der Waals surface area contributed by atoms with Gasteiger partial charge in [-0.05, 0) is 68.1 Å². The average Bonchev–Trinajstić information content (AvgIpc) is 2.77. The van der Waals surface area contributed by atoms with E-state index in [1.165, 1.54) is 12.1 Å². The number of piperidine rings is 1. The molecule has 0 aromatic heterocycles. The number of likely N-dealkylation sites (tertiary alicyclic amines) is 1. The van der Waals surface area contributed by atoms with Crippen molar-refractivity contribution in [2.45, 2.75) is 32.2 Å². The predicted molar refractivity (Wildman–Crippen MR) is 134 cm³/mol. The summed E-state index contributed by atoms with van der Waals surface area (Å²) in [5, 5.41) is 0.318. The predicted octanol–water partition coefficient (Wildman–Crippen LogP) is 6.32. The van der Waals surface area contributed by atoms with Crippen LogP contribution in [0.1, 0.15) is 35.2 Å². The molecule has 0 spiro atoms. The zero-order valence-corrected chi connectivity index (χ0v) is 22.0. The highest BCUT2D eigenvalue weighted by Gasteiger charge is 2.31. The summed E-state index contributed by atoms with van der Waals surface area (Å²) in [6.07, 6.45) is -2.16. The second-order valence-electron chi connectivity index (χ2n) is 8.94. The van der Waals surface area contributed by atoms with Gasteiger partial charge >= 0.3 is 6.36 Å². The van der Waals surface area contributed by atoms with Gasteiger partial charge in [-0.2, -0.15) is 0 Å². The number of amides is 1. The van der Waals surface area contributed by atoms with Crippen molar-refractivity contribution in [3.63, 3.8) is 0 Å². The Bertz CT molecular complexity index is 1110. The molecule has 0 saturated carbocycles. The number of nitrogens with one attached hydrogen (secondary N) is 1. The summed E-state index contributed by atoms with van der Waals surface area (Å²) in [6, 6.07) is 6.47. The summed E-state index contributed by atoms with van der Waals surface area (Å²) in [5.74, 6) is -1.27. The lowest BCUT2D eigenvalue weighted by molar-refractivity contribution is -0.274. The van der Waals surface area contributed by atoms with Gasteiger partial charge < -0.3 is 9.47 Å². The van der Waals surface area contributed by atoms with Crippen LogP contribution in [0.2, 0.25) is 10.0 Å². The molecule has 37 heavy (non-hydrogen) atoms. The van der Waals surface area contributed by atoms with Crippen molar-refractivity contribution >= 4 is 41.2 Å². The Morgan fingerprint density at radius 2 is 1.81 bits per heavy atom. The van der Waals surface area contributed by atoms with Gasteiger partial charge in [-0.1, -0.05) is 23.2 Å². The van der Waals surface area contributed by atoms with Crippen molar-refractivity contribution in [3.05, 3.63) is 57.3 Å². The first-order valence-corrected chi connectivity index (χ1v) is 13.2. The standard InChI is InChI=1S/C24H25Cl2F4N3O3S/c25-17-8-16(9-18(10-17)36-24(28,29)30)13-32-6-2-15(3-7-32)14-35-22-12-21(27)19(11-20(22)26)23(34)31-37-33-4-1-5-33/h8-12,15H,1-7,13-14H2,(H,31,34). The number of rotatable bonds is 9. The summed E-state index contributed by atoms with van der Waals surface area (Å²) in [7, 11) is 0. The molecule has 4 rings (SSSR count). The van der Waals surface area contributed by atoms with Crippen LogP contribution >= 0.6 is 35.3 Å². The maximum atomic E-state index is 14.6. The summed E-state index contributed by atoms with van der Waals surface area (Å²) < 4.78 is 66.5. The van der Waals surface area contributed by atoms with Crippen molar-refractivity contribution in [1.82, 2.24) is 13.9 Å². The summed E-state index contributed by atoms with van der Waals surface area (Å²) in [4.78, 5) is 14.4. The van der Waals surface area contributed by atoms with Crippen molar-refractivity contribution in [2.24, 2.45) is 5.92 Å². The quantitative estimate of drug-likeness (QED) is 0.276. The van der Waals surface area contributed by atoms with Crippen molar-refractivity contribution in [1.29, 1.82) is 0 Å². The molecule has 13 heteroatoms. The van der Waals surface area contributed by atoms with E-state index in [4.69, 9.17) is 27.9 Å². The monoisotopic (exact) mass is 581 g/mol. The minimum atomic E-state index is -4.79. The number of carbonyl (C=O) groups is 1. The molecule has 6 nitrogen and oxygen atoms in total. The van der Waals surface area contributed by atoms with Gasteiger partial charge in [-0.25, -0.2) is 8.70 Å². The lowest BCUT2D eigenvalue weighted by Crippen LogP contribution is -2.35. The third-order valence-electron chi connectivity index (χ3n) is 6.10. The van der Waals surface area contributed by atoms with Crippen LogP contribution in [0.4, 0.5) is 17.6 Å². The van der Waals surface area contributed by atoms with Crippen molar-refractivity contribution < 1.29 is 31.8 Å². The van der Waals surface area contributed by atoms with Crippen molar-refractivity contribution in [3.8, 4) is 11.5 Å². The van der Waals surface area contributed by atoms with E-state index in [9.17, 15) is 22.4 Å². The third-order valence-corrected chi connectivity index (χ3v) is 7.51. The summed E-state index contributed by atoms with van der Waals surface area (Å²) >= 11 is 13.4. The highest BCUT2D eigenvalue weighted by molar-refractivity contribution is 7.95. The first-order chi connectivity index (χ1) is 17.6. The van der Waals surface area contributed by atoms with Crippen LogP contribution in [-0.4, -0.2) is 54.3 Å². The fourth-order valence-electron chi connectivity index (χ4n) is 4.03. The van der Waals surface area contributed by atoms with Gasteiger partial charge in [0, 0.05) is 42.9 Å². The number of hydrogen-bond donors (Lipinski definition) is 1. The Hall–Kier alpha value is -1.92. The maximum Gasteiger partial charge on any atom is 0.573 e. The maximum absolute atomic E-state index is 14.6. The normalized spacial score (nSPS) is 17.4. The molecule has 2 aliphatic heterocycles. The Labute approximate surface area is 226 Å². The number of benzene rings is 2. The Morgan fingerprint density at radius 3 is 2.46 bits per heavy atom. The lowest BCUT2D eigenvalue weighted by atomic mass is 9.97. The van der Waals surface area contributed by atoms with Crippen molar-refractivity contribution in [2.75, 3.05) is 32.8 Å². The van der Waals surface area contributed by atoms with Crippen LogP contribution in [-0.2, 0) is 6.54 Å². The van der Waals surface area contributed by atoms with Gasteiger partial charge in [0.15, 0.2) is 0 Å². The SMILES string of the molecule is O=C(NSN1CCC1)c1cc(Cl)c(OCC2CCN(Cc3cc(Cl)cc(OC(F)(F)F)c3)CC2)cc1F. The minimum Gasteiger partial charge on any atom is -0.492 e. The first kappa shape index (κ1) is 28.1. The number of hydrogen-bond acceptors (Lipinski definition) is 6. The fourth-order valence-corrected chi connectivity index (χ4v) is 5.26. The zero-order chi connectivity index (χ0) is 26.6. The highest BCUT2D eigenvalue weighted by atomic mass is 35.5. The molecule has 2 aromatic carbocycles. The Kier molecular flexibility index (Phi) is 9.33. The van der Waals surface area contributed by atoms with E-state index in [0.29, 0.717) is 31.8 Å². The molecule has 2 saturated heterocycles. The molecule has 2 fully saturated rings. The zero-order valence-electron chi connectivity index (χ0n) is 19.6. The van der Waals surface area contributed by atoms with E-state index in [0.717, 1.165) is 56.6 Å². The largest absolute Gasteiger partial charge is 0.573 e. The molecule has 2 aromatic rings. The molecule has 2 heterocycles. The van der Waals surface area contributed by atoms with Crippen LogP contribution < -0.4 is 14.2 Å². The van der Waals surface area contributed by atoms with E-state index in [-0.39, 0.29) is 33.0 Å². The Balaban J connectivity index is 1.25. The van der Waals surface area contributed by atoms with E-state index in [1.807, 2.05) is 4.31 Å². The van der Waals surface area contributed by atoms with Gasteiger partial charge in [0.05, 0.1) is 17.2 Å². The van der Waals surface area contributed by atoms with Gasteiger partial charge in [-0.3, -0.25) is 14.4 Å². The fraction of sp³-hybridized carbons (Fsp3) is 0.458. The van der Waals surface area contributed by atoms with Crippen LogP contribution in [0.15, 0.2) is 30.3 Å². The molecule has 1 amide bonds. The smallest absolute Gasteiger partial charge is 0.492 e. The van der Waals surface area contributed by atoms with Gasteiger partial charge in [0.25, 0.3) is 5.91 Å². The number of halogens is 6. The Morgan fingerprint density at radius 1 is 1.08 bits per heavy atom. The molecule has 0 radical (unpaired) electrons. The molecule has 0 bridgehead atoms. The second kappa shape index (κ2) is 12.3. The molecule has 0 atom stereocenters. The minimum absolute atomic E-state index is 0.149. The van der Waals surface area contributed by atoms with Crippen LogP contribution in [0, 0.1) is 11.7 Å². The van der Waals surface area contributed by atoms with E-state index >= 15 is 0 Å². The summed E-state index contributed by atoms with van der Waals surface area (Å²) in [6.45, 7) is 3.90. The molecular weight excluding hydrogens is 557 g/mol. The number of ether oxygens (including phenoxy) is 2. The molecular formula is C24H25Cl2F4N3O3S. The topological polar surface area (TPSA) is 54.0 Å². The number of alkyl halides is 3. The van der Waals surface area contributed by atoms with E-state index in [2.05, 4.69) is 14.4 Å². The first-order valence-electron chi connectivity index (χ1n) is 11.7. The van der Waals surface area contributed by atoms with E-state index in [1.54, 1.807) is 6.07 Å². The second-order valence-corrected chi connectivity index (χ2v) is 10.7. The molecule has 1 N–H and O–H groups in total. The molecule has 0 unspecified atom stereocenters. The van der Waals surface area contributed by atoms with Gasteiger partial charge in [0.1, 0.15) is 17.3 Å². The van der Waals surface area contributed by atoms with Gasteiger partial charge in [-0.15, -0.1) is 13.2 Å². The van der Waals surface area contributed by atoms with Gasteiger partial charge in [0.2, 0.25) is 0 Å². The average molecular weight is 582 g/mol. The lowest BCUT2D eigenvalue weighted by Gasteiger charge is -2.32. The summed E-state index contributed by atoms with van der Waals surface area (Å²) in [5.41, 5.74) is 0.472. The van der Waals surface area contributed by atoms with Crippen LogP contribution in [0.3, 0.4) is 0 Å².